The number of carboxylic acids is 1. The van der Waals surface area contributed by atoms with Crippen LogP contribution >= 0.6 is 0 Å². The summed E-state index contributed by atoms with van der Waals surface area (Å²) in [5, 5.41) is 13.7. The second-order valence-electron chi connectivity index (χ2n) is 8.27. The van der Waals surface area contributed by atoms with Gasteiger partial charge in [0, 0.05) is 17.2 Å². The number of hydrogen-bond acceptors (Lipinski definition) is 3. The lowest BCUT2D eigenvalue weighted by molar-refractivity contribution is -0.138. The molecule has 3 aromatic rings. The second-order valence-corrected chi connectivity index (χ2v) is 8.27. The third-order valence-corrected chi connectivity index (χ3v) is 5.88. The first kappa shape index (κ1) is 24.0. The Morgan fingerprint density at radius 3 is 2.31 bits per heavy atom. The highest BCUT2D eigenvalue weighted by Crippen LogP contribution is 2.35. The first-order valence-electron chi connectivity index (χ1n) is 10.9. The lowest BCUT2D eigenvalue weighted by Gasteiger charge is -2.22. The van der Waals surface area contributed by atoms with Gasteiger partial charge in [-0.25, -0.2) is 4.79 Å². The largest absolute Gasteiger partial charge is 0.481 e. The van der Waals surface area contributed by atoms with E-state index >= 15 is 0 Å². The van der Waals surface area contributed by atoms with Crippen molar-refractivity contribution in [1.29, 1.82) is 0 Å². The van der Waals surface area contributed by atoms with Gasteiger partial charge in [0.05, 0.1) is 17.7 Å². The summed E-state index contributed by atoms with van der Waals surface area (Å²) in [7, 11) is 0. The van der Waals surface area contributed by atoms with Crippen LogP contribution in [0.1, 0.15) is 34.3 Å². The van der Waals surface area contributed by atoms with Gasteiger partial charge >= 0.3 is 18.2 Å². The number of benzene rings is 3. The molecule has 9 heteroatoms. The third-order valence-electron chi connectivity index (χ3n) is 5.88. The summed E-state index contributed by atoms with van der Waals surface area (Å²) in [6, 6.07) is 16.0. The van der Waals surface area contributed by atoms with Crippen molar-refractivity contribution in [2.75, 3.05) is 10.6 Å². The molecule has 1 unspecified atom stereocenters. The Morgan fingerprint density at radius 1 is 0.943 bits per heavy atom. The van der Waals surface area contributed by atoms with Crippen molar-refractivity contribution in [2.45, 2.75) is 25.4 Å². The molecule has 0 saturated carbocycles. The number of amides is 2. The van der Waals surface area contributed by atoms with Crippen LogP contribution in [-0.2, 0) is 17.4 Å². The van der Waals surface area contributed by atoms with E-state index in [1.54, 1.807) is 36.4 Å². The number of aliphatic carboxylic acids is 1. The Morgan fingerprint density at radius 2 is 1.63 bits per heavy atom. The van der Waals surface area contributed by atoms with Crippen LogP contribution in [-0.4, -0.2) is 22.9 Å². The zero-order valence-electron chi connectivity index (χ0n) is 18.4. The number of halogens is 3. The molecule has 3 aromatic carbocycles. The van der Waals surface area contributed by atoms with E-state index in [-0.39, 0.29) is 17.9 Å². The third kappa shape index (κ3) is 5.51. The van der Waals surface area contributed by atoms with Crippen LogP contribution in [0.25, 0.3) is 11.1 Å². The van der Waals surface area contributed by atoms with E-state index in [0.29, 0.717) is 24.1 Å². The fourth-order valence-electron chi connectivity index (χ4n) is 4.18. The zero-order valence-corrected chi connectivity index (χ0v) is 18.4. The van der Waals surface area contributed by atoms with E-state index in [0.717, 1.165) is 22.8 Å². The Labute approximate surface area is 198 Å². The minimum atomic E-state index is -4.60. The molecule has 6 nitrogen and oxygen atoms in total. The van der Waals surface area contributed by atoms with Crippen molar-refractivity contribution in [2.24, 2.45) is 5.92 Å². The van der Waals surface area contributed by atoms with Crippen molar-refractivity contribution < 1.29 is 32.7 Å². The van der Waals surface area contributed by atoms with Gasteiger partial charge in [-0.2, -0.15) is 13.2 Å². The van der Waals surface area contributed by atoms with Crippen LogP contribution < -0.4 is 10.6 Å². The fourth-order valence-corrected chi connectivity index (χ4v) is 4.18. The van der Waals surface area contributed by atoms with Crippen LogP contribution in [0.2, 0.25) is 0 Å². The predicted molar refractivity (Wildman–Crippen MR) is 124 cm³/mol. The van der Waals surface area contributed by atoms with Crippen molar-refractivity contribution in [3.8, 4) is 11.1 Å². The molecule has 1 aliphatic rings. The van der Waals surface area contributed by atoms with Crippen molar-refractivity contribution in [3.05, 3.63) is 83.4 Å². The summed E-state index contributed by atoms with van der Waals surface area (Å²) in [6.07, 6.45) is -3.69. The molecule has 180 valence electrons. The number of para-hydroxylation sites is 1. The minimum absolute atomic E-state index is 0.155. The number of rotatable bonds is 5. The highest BCUT2D eigenvalue weighted by atomic mass is 19.4. The molecule has 0 spiro atoms. The first-order chi connectivity index (χ1) is 16.6. The number of carboxylic acid groups (broad SMARTS) is 1. The molecule has 0 heterocycles. The lowest BCUT2D eigenvalue weighted by atomic mass is 9.80. The Bertz CT molecular complexity index is 1290. The average Bonchev–Trinajstić information content (AvgIpc) is 2.80. The number of aryl methyl sites for hydroxylation is 1. The topological polar surface area (TPSA) is 95.5 Å². The van der Waals surface area contributed by atoms with Crippen LogP contribution in [0.5, 0.6) is 0 Å². The number of Topliss-reactive ketones (excluding diaryl/α,β-unsaturated/α-hetero) is 1. The Kier molecular flexibility index (Phi) is 6.59. The number of anilines is 2. The second kappa shape index (κ2) is 9.61. The van der Waals surface area contributed by atoms with Gasteiger partial charge < -0.3 is 15.7 Å². The molecule has 1 aliphatic carbocycles. The quantitative estimate of drug-likeness (QED) is 0.401. The monoisotopic (exact) mass is 482 g/mol. The number of carbonyl (C=O) groups excluding carboxylic acids is 2. The van der Waals surface area contributed by atoms with Gasteiger partial charge in [0.25, 0.3) is 0 Å². The first-order valence-corrected chi connectivity index (χ1v) is 10.9. The van der Waals surface area contributed by atoms with Gasteiger partial charge in [-0.1, -0.05) is 42.5 Å². The number of ketones is 1. The number of hydrogen-bond donors (Lipinski definition) is 3. The van der Waals surface area contributed by atoms with E-state index in [4.69, 9.17) is 5.11 Å². The average molecular weight is 482 g/mol. The molecule has 35 heavy (non-hydrogen) atoms. The highest BCUT2D eigenvalue weighted by molar-refractivity contribution is 6.02. The van der Waals surface area contributed by atoms with Gasteiger partial charge in [-0.3, -0.25) is 9.59 Å². The molecule has 0 bridgehead atoms. The summed E-state index contributed by atoms with van der Waals surface area (Å²) in [4.78, 5) is 35.8. The molecular weight excluding hydrogens is 461 g/mol. The van der Waals surface area contributed by atoms with Gasteiger partial charge in [0.15, 0.2) is 5.78 Å². The fraction of sp³-hybridized carbons (Fsp3) is 0.192. The molecule has 0 saturated heterocycles. The summed E-state index contributed by atoms with van der Waals surface area (Å²) in [6.45, 7) is 0. The molecule has 2 amide bonds. The summed E-state index contributed by atoms with van der Waals surface area (Å²) >= 11 is 0. The van der Waals surface area contributed by atoms with E-state index < -0.39 is 29.7 Å². The predicted octanol–water partition coefficient (Wildman–Crippen LogP) is 6.24. The van der Waals surface area contributed by atoms with Gasteiger partial charge in [-0.05, 0) is 53.8 Å². The maximum absolute atomic E-state index is 13.1. The molecule has 1 atom stereocenters. The lowest BCUT2D eigenvalue weighted by Crippen LogP contribution is -2.24. The standard InChI is InChI=1S/C26H21F3N2O4/c27-26(28,29)21-3-1-2-4-22(21)31-25(35)30-19-10-7-15(8-11-19)16-9-12-20-17(13-16)5-6-18(24(20)34)14-23(32)33/h1-4,7-13,18H,5-6,14H2,(H,32,33)(H2,30,31,35). The van der Waals surface area contributed by atoms with Crippen LogP contribution in [0.15, 0.2) is 66.7 Å². The van der Waals surface area contributed by atoms with E-state index in [9.17, 15) is 27.6 Å². The van der Waals surface area contributed by atoms with E-state index in [2.05, 4.69) is 10.6 Å². The molecule has 3 N–H and O–H groups in total. The normalized spacial score (nSPS) is 15.3. The van der Waals surface area contributed by atoms with Gasteiger partial charge in [0.1, 0.15) is 0 Å². The van der Waals surface area contributed by atoms with E-state index in [1.165, 1.54) is 18.2 Å². The summed E-state index contributed by atoms with van der Waals surface area (Å²) in [5.41, 5.74) is 2.18. The van der Waals surface area contributed by atoms with Crippen molar-refractivity contribution >= 4 is 29.2 Å². The van der Waals surface area contributed by atoms with Gasteiger partial charge in [-0.15, -0.1) is 0 Å². The molecule has 0 radical (unpaired) electrons. The summed E-state index contributed by atoms with van der Waals surface area (Å²) < 4.78 is 39.3. The van der Waals surface area contributed by atoms with Gasteiger partial charge in [0.2, 0.25) is 0 Å². The number of urea groups is 1. The number of carbonyl (C=O) groups is 3. The number of nitrogens with one attached hydrogen (secondary N) is 2. The smallest absolute Gasteiger partial charge is 0.418 e. The molecule has 4 rings (SSSR count). The number of alkyl halides is 3. The highest BCUT2D eigenvalue weighted by Gasteiger charge is 2.33. The van der Waals surface area contributed by atoms with E-state index in [1.807, 2.05) is 6.07 Å². The molecule has 0 aliphatic heterocycles. The van der Waals surface area contributed by atoms with Crippen LogP contribution in [0, 0.1) is 5.92 Å². The maximum atomic E-state index is 13.1. The van der Waals surface area contributed by atoms with Crippen molar-refractivity contribution in [1.82, 2.24) is 0 Å². The minimum Gasteiger partial charge on any atom is -0.481 e. The summed E-state index contributed by atoms with van der Waals surface area (Å²) in [5.74, 6) is -1.65. The molecular formula is C26H21F3N2O4. The van der Waals surface area contributed by atoms with Crippen LogP contribution in [0.4, 0.5) is 29.3 Å². The van der Waals surface area contributed by atoms with Crippen molar-refractivity contribution in [3.63, 3.8) is 0 Å². The maximum Gasteiger partial charge on any atom is 0.418 e. The zero-order chi connectivity index (χ0) is 25.2. The number of fused-ring (bicyclic) bond motifs is 1. The van der Waals surface area contributed by atoms with Crippen LogP contribution in [0.3, 0.4) is 0 Å². The Balaban J connectivity index is 1.44. The molecule has 0 fully saturated rings. The SMILES string of the molecule is O=C(O)CC1CCc2cc(-c3ccc(NC(=O)Nc4ccccc4C(F)(F)F)cc3)ccc2C1=O. The molecule has 0 aromatic heterocycles. The Hall–Kier alpha value is -4.14.